The largest absolute Gasteiger partial charge is 0.387 e. The molecule has 2 rings (SSSR count). The van der Waals surface area contributed by atoms with Crippen LogP contribution in [0.15, 0.2) is 4.99 Å². The van der Waals surface area contributed by atoms with Crippen molar-refractivity contribution < 1.29 is 14.6 Å². The Bertz CT molecular complexity index is 406. The zero-order chi connectivity index (χ0) is 18.7. The summed E-state index contributed by atoms with van der Waals surface area (Å²) in [5.41, 5.74) is -0.842. The van der Waals surface area contributed by atoms with Crippen molar-refractivity contribution in [1.29, 1.82) is 0 Å². The lowest BCUT2D eigenvalue weighted by molar-refractivity contribution is -0.0180. The average Bonchev–Trinajstić information content (AvgIpc) is 3.13. The summed E-state index contributed by atoms with van der Waals surface area (Å²) < 4.78 is 11.2. The quantitative estimate of drug-likeness (QED) is 0.302. The van der Waals surface area contributed by atoms with Crippen LogP contribution in [-0.4, -0.2) is 86.8 Å². The maximum absolute atomic E-state index is 10.6. The summed E-state index contributed by atoms with van der Waals surface area (Å²) in [6.45, 7) is 10.5. The van der Waals surface area contributed by atoms with Crippen LogP contribution in [0.25, 0.3) is 0 Å². The molecule has 7 heteroatoms. The summed E-state index contributed by atoms with van der Waals surface area (Å²) in [5.74, 6) is 0.760. The number of morpholine rings is 1. The number of hydrogen-bond donors (Lipinski definition) is 3. The molecule has 1 saturated heterocycles. The van der Waals surface area contributed by atoms with Gasteiger partial charge in [-0.2, -0.15) is 0 Å². The van der Waals surface area contributed by atoms with Crippen molar-refractivity contribution in [2.75, 3.05) is 59.1 Å². The van der Waals surface area contributed by atoms with Gasteiger partial charge in [-0.3, -0.25) is 9.89 Å². The molecule has 1 saturated carbocycles. The fourth-order valence-corrected chi connectivity index (χ4v) is 3.47. The second-order valence-corrected chi connectivity index (χ2v) is 7.64. The monoisotopic (exact) mass is 370 g/mol. The number of guanidine groups is 1. The number of rotatable bonds is 10. The lowest BCUT2D eigenvalue weighted by Gasteiger charge is -2.33. The van der Waals surface area contributed by atoms with Gasteiger partial charge in [0.1, 0.15) is 0 Å². The molecule has 1 aliphatic carbocycles. The smallest absolute Gasteiger partial charge is 0.191 e. The number of β-amino-alcohol motifs (C(OH)–C–C–N with tert-alkyl or cyclic N) is 1. The molecule has 7 nitrogen and oxygen atoms in total. The zero-order valence-electron chi connectivity index (χ0n) is 16.6. The molecule has 0 spiro atoms. The van der Waals surface area contributed by atoms with E-state index in [1.807, 2.05) is 13.8 Å². The summed E-state index contributed by atoms with van der Waals surface area (Å²) in [4.78, 5) is 6.81. The van der Waals surface area contributed by atoms with Crippen molar-refractivity contribution >= 4 is 5.96 Å². The van der Waals surface area contributed by atoms with Gasteiger partial charge < -0.3 is 25.2 Å². The van der Waals surface area contributed by atoms with Crippen LogP contribution in [0, 0.1) is 0 Å². The zero-order valence-corrected chi connectivity index (χ0v) is 16.6. The van der Waals surface area contributed by atoms with E-state index in [2.05, 4.69) is 20.5 Å². The molecule has 2 fully saturated rings. The van der Waals surface area contributed by atoms with E-state index in [1.165, 1.54) is 25.7 Å². The van der Waals surface area contributed by atoms with Crippen LogP contribution in [0.3, 0.4) is 0 Å². The summed E-state index contributed by atoms with van der Waals surface area (Å²) in [6, 6.07) is 0. The van der Waals surface area contributed by atoms with Gasteiger partial charge in [0.15, 0.2) is 5.96 Å². The molecule has 152 valence electrons. The number of aliphatic hydroxyl groups is 1. The van der Waals surface area contributed by atoms with Crippen molar-refractivity contribution in [1.82, 2.24) is 15.5 Å². The van der Waals surface area contributed by atoms with Crippen molar-refractivity contribution in [2.45, 2.75) is 57.7 Å². The van der Waals surface area contributed by atoms with Crippen LogP contribution in [0.2, 0.25) is 0 Å². The van der Waals surface area contributed by atoms with Gasteiger partial charge in [-0.25, -0.2) is 0 Å². The van der Waals surface area contributed by atoms with E-state index >= 15 is 0 Å². The minimum atomic E-state index is -0.842. The first-order valence-corrected chi connectivity index (χ1v) is 10.3. The lowest BCUT2D eigenvalue weighted by atomic mass is 10.1. The Kier molecular flexibility index (Phi) is 9.67. The molecule has 2 aliphatic rings. The molecule has 0 aromatic rings. The number of ether oxygens (including phenoxy) is 2. The number of nitrogens with one attached hydrogen (secondary N) is 2. The molecule has 0 aromatic carbocycles. The Morgan fingerprint density at radius 1 is 1.27 bits per heavy atom. The van der Waals surface area contributed by atoms with Gasteiger partial charge in [0, 0.05) is 39.3 Å². The Labute approximate surface area is 158 Å². The predicted octanol–water partition coefficient (Wildman–Crippen LogP) is 0.974. The highest BCUT2D eigenvalue weighted by atomic mass is 16.5. The maximum atomic E-state index is 10.6. The molecule has 1 aliphatic heterocycles. The first-order valence-electron chi connectivity index (χ1n) is 10.3. The SMILES string of the molecule is CCNC(=NCC(C)(O)CN1CCOCC1)NCCCOC1CCCC1. The standard InChI is InChI=1S/C19H38N4O3/c1-3-20-18(21-9-6-12-26-17-7-4-5-8-17)22-15-19(2,24)16-23-10-13-25-14-11-23/h17,24H,3-16H2,1-2H3,(H2,20,21,22). The Morgan fingerprint density at radius 3 is 2.69 bits per heavy atom. The van der Waals surface area contributed by atoms with Crippen LogP contribution < -0.4 is 10.6 Å². The molecule has 0 radical (unpaired) electrons. The molecular weight excluding hydrogens is 332 g/mol. The summed E-state index contributed by atoms with van der Waals surface area (Å²) >= 11 is 0. The molecular formula is C19H38N4O3. The van der Waals surface area contributed by atoms with Crippen LogP contribution in [0.5, 0.6) is 0 Å². The highest BCUT2D eigenvalue weighted by Crippen LogP contribution is 2.20. The van der Waals surface area contributed by atoms with Crippen LogP contribution in [-0.2, 0) is 9.47 Å². The molecule has 0 amide bonds. The third-order valence-electron chi connectivity index (χ3n) is 4.86. The summed E-state index contributed by atoms with van der Waals surface area (Å²) in [7, 11) is 0. The van der Waals surface area contributed by atoms with E-state index in [-0.39, 0.29) is 0 Å². The van der Waals surface area contributed by atoms with Gasteiger partial charge in [0.05, 0.1) is 31.5 Å². The highest BCUT2D eigenvalue weighted by molar-refractivity contribution is 5.79. The molecule has 26 heavy (non-hydrogen) atoms. The van der Waals surface area contributed by atoms with Gasteiger partial charge >= 0.3 is 0 Å². The van der Waals surface area contributed by atoms with Crippen LogP contribution in [0.4, 0.5) is 0 Å². The summed E-state index contributed by atoms with van der Waals surface area (Å²) in [6.07, 6.45) is 6.50. The van der Waals surface area contributed by atoms with E-state index in [1.54, 1.807) is 0 Å². The molecule has 1 unspecified atom stereocenters. The van der Waals surface area contributed by atoms with E-state index in [9.17, 15) is 5.11 Å². The Morgan fingerprint density at radius 2 is 2.00 bits per heavy atom. The van der Waals surface area contributed by atoms with Gasteiger partial charge in [0.25, 0.3) is 0 Å². The molecule has 0 bridgehead atoms. The average molecular weight is 371 g/mol. The molecule has 0 aromatic heterocycles. The van der Waals surface area contributed by atoms with Gasteiger partial charge in [-0.05, 0) is 33.1 Å². The van der Waals surface area contributed by atoms with E-state index in [4.69, 9.17) is 9.47 Å². The van der Waals surface area contributed by atoms with Crippen molar-refractivity contribution in [3.8, 4) is 0 Å². The molecule has 1 heterocycles. The van der Waals surface area contributed by atoms with Gasteiger partial charge in [-0.15, -0.1) is 0 Å². The Hall–Kier alpha value is -0.890. The third-order valence-corrected chi connectivity index (χ3v) is 4.86. The number of hydrogen-bond acceptors (Lipinski definition) is 5. The van der Waals surface area contributed by atoms with Crippen molar-refractivity contribution in [3.05, 3.63) is 0 Å². The fourth-order valence-electron chi connectivity index (χ4n) is 3.47. The first-order chi connectivity index (χ1) is 12.6. The van der Waals surface area contributed by atoms with E-state index in [0.29, 0.717) is 19.2 Å². The normalized spacial score (nSPS) is 22.3. The highest BCUT2D eigenvalue weighted by Gasteiger charge is 2.25. The van der Waals surface area contributed by atoms with Crippen molar-refractivity contribution in [2.24, 2.45) is 4.99 Å². The molecule has 3 N–H and O–H groups in total. The lowest BCUT2D eigenvalue weighted by Crippen LogP contribution is -2.48. The predicted molar refractivity (Wildman–Crippen MR) is 105 cm³/mol. The van der Waals surface area contributed by atoms with Crippen LogP contribution >= 0.6 is 0 Å². The number of nitrogens with zero attached hydrogens (tertiary/aromatic N) is 2. The third kappa shape index (κ3) is 8.66. The second-order valence-electron chi connectivity index (χ2n) is 7.64. The van der Waals surface area contributed by atoms with Crippen LogP contribution in [0.1, 0.15) is 46.0 Å². The maximum Gasteiger partial charge on any atom is 0.191 e. The van der Waals surface area contributed by atoms with E-state index in [0.717, 1.165) is 58.4 Å². The molecule has 1 atom stereocenters. The minimum absolute atomic E-state index is 0.373. The Balaban J connectivity index is 1.66. The van der Waals surface area contributed by atoms with Crippen molar-refractivity contribution in [3.63, 3.8) is 0 Å². The van der Waals surface area contributed by atoms with E-state index < -0.39 is 5.60 Å². The summed E-state index contributed by atoms with van der Waals surface area (Å²) in [5, 5.41) is 17.2. The minimum Gasteiger partial charge on any atom is -0.387 e. The van der Waals surface area contributed by atoms with Gasteiger partial charge in [-0.1, -0.05) is 12.8 Å². The fraction of sp³-hybridized carbons (Fsp3) is 0.947. The topological polar surface area (TPSA) is 78.4 Å². The second kappa shape index (κ2) is 11.7. The first kappa shape index (κ1) is 21.4. The van der Waals surface area contributed by atoms with Gasteiger partial charge in [0.2, 0.25) is 0 Å². The number of aliphatic imine (C=N–C) groups is 1.